The molecule has 6 aromatic carbocycles. The van der Waals surface area contributed by atoms with Crippen LogP contribution in [0.5, 0.6) is 0 Å². The molecule has 8 heteroatoms. The van der Waals surface area contributed by atoms with E-state index in [4.69, 9.17) is 27.5 Å². The Labute approximate surface area is 366 Å². The fraction of sp³-hybridized carbons (Fsp3) is 0.333. The molecular weight excluding hydrogens is 766 g/mol. The van der Waals surface area contributed by atoms with Gasteiger partial charge in [0, 0.05) is 39.3 Å². The van der Waals surface area contributed by atoms with Crippen molar-refractivity contribution in [1.82, 2.24) is 0 Å². The van der Waals surface area contributed by atoms with Crippen LogP contribution in [0.25, 0.3) is 66.1 Å². The van der Waals surface area contributed by atoms with Gasteiger partial charge in [-0.1, -0.05) is 107 Å². The van der Waals surface area contributed by atoms with Gasteiger partial charge in [0.05, 0.1) is 22.4 Å². The molecule has 8 aromatic rings. The average molecular weight is 823 g/mol. The molecule has 314 valence electrons. The lowest BCUT2D eigenvalue weighted by Gasteiger charge is -2.32. The SMILES string of the molecule is CC1(C)c2ccccc2-c2cc3c(cc21)oc1c(B2OC(C)(C)C(C)(C)O2)cccc13.CC1(C)c2ccccc2-c2cc3c(cc21)oc1ccc(B2OC(C)(C)C(C)(C)O2)cc13.[HH]. The average Bonchev–Trinajstić information content (AvgIpc) is 3.99. The van der Waals surface area contributed by atoms with Crippen LogP contribution < -0.4 is 10.9 Å². The van der Waals surface area contributed by atoms with Crippen molar-refractivity contribution in [3.05, 3.63) is 131 Å². The Morgan fingerprint density at radius 3 is 1.39 bits per heavy atom. The molecule has 2 aromatic heterocycles. The quantitative estimate of drug-likeness (QED) is 0.162. The fourth-order valence-electron chi connectivity index (χ4n) is 10.3. The van der Waals surface area contributed by atoms with Crippen LogP contribution in [-0.2, 0) is 29.4 Å². The van der Waals surface area contributed by atoms with Gasteiger partial charge in [-0.05, 0) is 136 Å². The van der Waals surface area contributed by atoms with E-state index in [-0.39, 0.29) is 41.8 Å². The number of para-hydroxylation sites is 1. The number of fused-ring (bicyclic) bond motifs is 12. The van der Waals surface area contributed by atoms with E-state index in [2.05, 4.69) is 186 Å². The second-order valence-electron chi connectivity index (χ2n) is 21.0. The Hall–Kier alpha value is -5.11. The summed E-state index contributed by atoms with van der Waals surface area (Å²) in [5.74, 6) is 0. The Morgan fingerprint density at radius 1 is 0.371 bits per heavy atom. The Kier molecular flexibility index (Phi) is 8.17. The van der Waals surface area contributed by atoms with Crippen LogP contribution in [0.2, 0.25) is 0 Å². The van der Waals surface area contributed by atoms with E-state index in [1.807, 2.05) is 6.07 Å². The van der Waals surface area contributed by atoms with E-state index in [0.29, 0.717) is 0 Å². The topological polar surface area (TPSA) is 63.2 Å². The third kappa shape index (κ3) is 5.52. The summed E-state index contributed by atoms with van der Waals surface area (Å²) in [6.07, 6.45) is 0. The molecule has 0 amide bonds. The van der Waals surface area contributed by atoms with Crippen molar-refractivity contribution in [2.24, 2.45) is 0 Å². The highest BCUT2D eigenvalue weighted by molar-refractivity contribution is 6.65. The number of rotatable bonds is 2. The summed E-state index contributed by atoms with van der Waals surface area (Å²) in [6.45, 7) is 25.8. The Bertz CT molecular complexity index is 3100. The molecule has 62 heavy (non-hydrogen) atoms. The van der Waals surface area contributed by atoms with E-state index >= 15 is 0 Å². The maximum absolute atomic E-state index is 6.49. The molecule has 4 heterocycles. The zero-order chi connectivity index (χ0) is 43.5. The number of hydrogen-bond donors (Lipinski definition) is 0. The smallest absolute Gasteiger partial charge is 0.456 e. The van der Waals surface area contributed by atoms with Gasteiger partial charge in [0.1, 0.15) is 22.3 Å². The van der Waals surface area contributed by atoms with E-state index < -0.39 is 7.12 Å². The summed E-state index contributed by atoms with van der Waals surface area (Å²) in [5.41, 5.74) is 14.6. The molecule has 12 rings (SSSR count). The van der Waals surface area contributed by atoms with Crippen LogP contribution >= 0.6 is 0 Å². The van der Waals surface area contributed by atoms with E-state index in [9.17, 15) is 0 Å². The first-order chi connectivity index (χ1) is 29.2. The minimum atomic E-state index is -0.446. The van der Waals surface area contributed by atoms with Gasteiger partial charge in [-0.2, -0.15) is 0 Å². The number of benzene rings is 6. The molecule has 2 saturated heterocycles. The van der Waals surface area contributed by atoms with Crippen LogP contribution in [0.15, 0.2) is 118 Å². The maximum atomic E-state index is 6.49. The lowest BCUT2D eigenvalue weighted by atomic mass is 9.78. The fourth-order valence-corrected chi connectivity index (χ4v) is 10.3. The molecule has 2 aliphatic carbocycles. The standard InChI is InChI=1S/2C27H27BO3.H2/c1-25(2)20-12-8-7-10-16(20)18-14-19-17-11-9-13-22(24(17)29-23(19)15-21(18)25)28-30-26(3,4)27(5,6)31-28;1-25(2)21-10-8-7-9-17(21)18-14-20-19-13-16(28-30-26(3,4)27(5,6)31-28)11-12-23(19)29-24(20)15-22(18)25;/h2*7-15H,1-6H3;1H. The molecule has 0 spiro atoms. The lowest BCUT2D eigenvalue weighted by Crippen LogP contribution is -2.41. The molecule has 4 aliphatic rings. The minimum absolute atomic E-state index is 0. The third-order valence-corrected chi connectivity index (χ3v) is 15.5. The van der Waals surface area contributed by atoms with Crippen LogP contribution in [0.3, 0.4) is 0 Å². The highest BCUT2D eigenvalue weighted by atomic mass is 16.7. The molecular formula is C54H56B2O6. The first kappa shape index (κ1) is 39.7. The predicted octanol–water partition coefficient (Wildman–Crippen LogP) is 12.6. The normalized spacial score (nSPS) is 20.4. The molecule has 0 radical (unpaired) electrons. The summed E-state index contributed by atoms with van der Waals surface area (Å²) in [7, 11) is -0.827. The number of hydrogen-bond acceptors (Lipinski definition) is 6. The molecule has 0 saturated carbocycles. The van der Waals surface area contributed by atoms with Crippen molar-refractivity contribution in [1.29, 1.82) is 0 Å². The maximum Gasteiger partial charge on any atom is 0.498 e. The van der Waals surface area contributed by atoms with Crippen molar-refractivity contribution in [3.8, 4) is 22.3 Å². The molecule has 6 nitrogen and oxygen atoms in total. The summed E-state index contributed by atoms with van der Waals surface area (Å²) in [5, 5.41) is 4.48. The zero-order valence-electron chi connectivity index (χ0n) is 38.0. The van der Waals surface area contributed by atoms with E-state index in [1.54, 1.807) is 0 Å². The van der Waals surface area contributed by atoms with Gasteiger partial charge in [0.15, 0.2) is 0 Å². The van der Waals surface area contributed by atoms with Crippen molar-refractivity contribution >= 4 is 69.0 Å². The molecule has 2 fully saturated rings. The van der Waals surface area contributed by atoms with Crippen LogP contribution in [0.4, 0.5) is 0 Å². The lowest BCUT2D eigenvalue weighted by molar-refractivity contribution is 0.00578. The molecule has 0 unspecified atom stereocenters. The predicted molar refractivity (Wildman–Crippen MR) is 256 cm³/mol. The van der Waals surface area contributed by atoms with E-state index in [1.165, 1.54) is 44.5 Å². The minimum Gasteiger partial charge on any atom is -0.456 e. The first-order valence-corrected chi connectivity index (χ1v) is 22.1. The van der Waals surface area contributed by atoms with Gasteiger partial charge in [-0.15, -0.1) is 0 Å². The number of furan rings is 2. The third-order valence-electron chi connectivity index (χ3n) is 15.5. The van der Waals surface area contributed by atoms with Gasteiger partial charge in [-0.25, -0.2) is 0 Å². The van der Waals surface area contributed by atoms with Crippen molar-refractivity contribution in [2.75, 3.05) is 0 Å². The highest BCUT2D eigenvalue weighted by Gasteiger charge is 2.53. The summed E-state index contributed by atoms with van der Waals surface area (Å²) >= 11 is 0. The van der Waals surface area contributed by atoms with Crippen molar-refractivity contribution < 1.29 is 28.9 Å². The van der Waals surface area contributed by atoms with Crippen LogP contribution in [0.1, 0.15) is 107 Å². The Morgan fingerprint density at radius 2 is 0.839 bits per heavy atom. The monoisotopic (exact) mass is 822 g/mol. The second kappa shape index (κ2) is 12.8. The van der Waals surface area contributed by atoms with Crippen molar-refractivity contribution in [2.45, 2.75) is 116 Å². The summed E-state index contributed by atoms with van der Waals surface area (Å²) in [4.78, 5) is 0. The summed E-state index contributed by atoms with van der Waals surface area (Å²) in [6, 6.07) is 39.0. The van der Waals surface area contributed by atoms with Gasteiger partial charge in [0.25, 0.3) is 0 Å². The largest absolute Gasteiger partial charge is 0.498 e. The molecule has 0 bridgehead atoms. The molecule has 0 atom stereocenters. The van der Waals surface area contributed by atoms with Crippen LogP contribution in [0, 0.1) is 0 Å². The molecule has 2 aliphatic heterocycles. The molecule has 0 N–H and O–H groups in total. The highest BCUT2D eigenvalue weighted by Crippen LogP contribution is 2.52. The first-order valence-electron chi connectivity index (χ1n) is 22.1. The second-order valence-corrected chi connectivity index (χ2v) is 21.0. The zero-order valence-corrected chi connectivity index (χ0v) is 38.0. The van der Waals surface area contributed by atoms with Gasteiger partial charge in [-0.3, -0.25) is 0 Å². The van der Waals surface area contributed by atoms with Gasteiger partial charge < -0.3 is 27.5 Å². The van der Waals surface area contributed by atoms with Crippen molar-refractivity contribution in [3.63, 3.8) is 0 Å². The van der Waals surface area contributed by atoms with Gasteiger partial charge >= 0.3 is 14.2 Å². The van der Waals surface area contributed by atoms with Crippen LogP contribution in [-0.4, -0.2) is 36.6 Å². The van der Waals surface area contributed by atoms with E-state index in [0.717, 1.165) is 54.8 Å². The van der Waals surface area contributed by atoms with Gasteiger partial charge in [0.2, 0.25) is 0 Å². The Balaban J connectivity index is 0.000000147. The summed E-state index contributed by atoms with van der Waals surface area (Å²) < 4.78 is 38.0.